The van der Waals surface area contributed by atoms with Crippen molar-refractivity contribution in [3.8, 4) is 0 Å². The van der Waals surface area contributed by atoms with Gasteiger partial charge in [0, 0.05) is 0 Å². The summed E-state index contributed by atoms with van der Waals surface area (Å²) in [6, 6.07) is 0. The van der Waals surface area contributed by atoms with Crippen LogP contribution in [0.4, 0.5) is 4.39 Å². The Morgan fingerprint density at radius 1 is 1.50 bits per heavy atom. The lowest BCUT2D eigenvalue weighted by molar-refractivity contribution is 0.237. The molecule has 0 radical (unpaired) electrons. The van der Waals surface area contributed by atoms with Crippen molar-refractivity contribution in [2.45, 2.75) is 32.4 Å². The fourth-order valence-electron chi connectivity index (χ4n) is 1.67. The van der Waals surface area contributed by atoms with Crippen LogP contribution in [0.5, 0.6) is 0 Å². The second kappa shape index (κ2) is 3.73. The summed E-state index contributed by atoms with van der Waals surface area (Å²) in [5, 5.41) is 0. The Morgan fingerprint density at radius 3 is 2.75 bits per heavy atom. The second-order valence-electron chi connectivity index (χ2n) is 3.44. The molecule has 1 fully saturated rings. The lowest BCUT2D eigenvalue weighted by Crippen LogP contribution is -2.22. The van der Waals surface area contributed by atoms with Crippen molar-refractivity contribution in [2.75, 3.05) is 11.5 Å². The third kappa shape index (κ3) is 2.44. The standard InChI is InChI=1S/C8H15FO2S/c1-2-7-4-3-5-12(10,11)6-8(7)9/h7-8H,2-6H2,1H3. The maximum absolute atomic E-state index is 13.2. The zero-order chi connectivity index (χ0) is 9.19. The number of rotatable bonds is 1. The molecule has 1 rings (SSSR count). The first kappa shape index (κ1) is 9.96. The van der Waals surface area contributed by atoms with Crippen LogP contribution in [0.2, 0.25) is 0 Å². The molecule has 4 heteroatoms. The number of alkyl halides is 1. The first-order valence-electron chi connectivity index (χ1n) is 4.39. The summed E-state index contributed by atoms with van der Waals surface area (Å²) in [5.41, 5.74) is 0. The Labute approximate surface area is 73.1 Å². The van der Waals surface area contributed by atoms with Crippen LogP contribution in [0.1, 0.15) is 26.2 Å². The summed E-state index contributed by atoms with van der Waals surface area (Å²) in [6.45, 7) is 1.91. The van der Waals surface area contributed by atoms with Crippen molar-refractivity contribution in [2.24, 2.45) is 5.92 Å². The minimum atomic E-state index is -3.09. The Kier molecular flexibility index (Phi) is 3.09. The lowest BCUT2D eigenvalue weighted by atomic mass is 9.97. The van der Waals surface area contributed by atoms with E-state index in [1.165, 1.54) is 0 Å². The summed E-state index contributed by atoms with van der Waals surface area (Å²) in [4.78, 5) is 0. The van der Waals surface area contributed by atoms with Crippen molar-refractivity contribution in [3.63, 3.8) is 0 Å². The quantitative estimate of drug-likeness (QED) is 0.635. The van der Waals surface area contributed by atoms with Gasteiger partial charge in [0.05, 0.1) is 11.5 Å². The van der Waals surface area contributed by atoms with Crippen LogP contribution in [-0.4, -0.2) is 26.1 Å². The van der Waals surface area contributed by atoms with Gasteiger partial charge in [0.15, 0.2) is 9.84 Å². The number of hydrogen-bond acceptors (Lipinski definition) is 2. The van der Waals surface area contributed by atoms with Gasteiger partial charge in [0.2, 0.25) is 0 Å². The van der Waals surface area contributed by atoms with Gasteiger partial charge in [-0.15, -0.1) is 0 Å². The lowest BCUT2D eigenvalue weighted by Gasteiger charge is -2.14. The first-order valence-corrected chi connectivity index (χ1v) is 6.22. The van der Waals surface area contributed by atoms with Gasteiger partial charge in [-0.1, -0.05) is 13.3 Å². The highest BCUT2D eigenvalue weighted by molar-refractivity contribution is 7.91. The van der Waals surface area contributed by atoms with Gasteiger partial charge < -0.3 is 0 Å². The molecule has 72 valence electrons. The molecule has 0 aromatic carbocycles. The summed E-state index contributed by atoms with van der Waals surface area (Å²) in [6.07, 6.45) is 0.956. The van der Waals surface area contributed by atoms with Crippen LogP contribution >= 0.6 is 0 Å². The number of hydrogen-bond donors (Lipinski definition) is 0. The zero-order valence-electron chi connectivity index (χ0n) is 7.29. The maximum Gasteiger partial charge on any atom is 0.153 e. The predicted molar refractivity (Wildman–Crippen MR) is 46.6 cm³/mol. The van der Waals surface area contributed by atoms with E-state index in [1.54, 1.807) is 0 Å². The summed E-state index contributed by atoms with van der Waals surface area (Å²) in [5.74, 6) is -0.127. The van der Waals surface area contributed by atoms with Gasteiger partial charge in [-0.05, 0) is 18.8 Å². The molecule has 1 aliphatic heterocycles. The molecule has 1 aliphatic rings. The average molecular weight is 194 g/mol. The molecule has 2 atom stereocenters. The molecule has 0 amide bonds. The van der Waals surface area contributed by atoms with E-state index >= 15 is 0 Å². The Hall–Kier alpha value is -0.120. The molecule has 12 heavy (non-hydrogen) atoms. The largest absolute Gasteiger partial charge is 0.246 e. The normalized spacial score (nSPS) is 35.8. The first-order chi connectivity index (χ1) is 5.55. The highest BCUT2D eigenvalue weighted by atomic mass is 32.2. The van der Waals surface area contributed by atoms with E-state index in [2.05, 4.69) is 0 Å². The summed E-state index contributed by atoms with van der Waals surface area (Å²) < 4.78 is 35.4. The van der Waals surface area contributed by atoms with Gasteiger partial charge in [-0.25, -0.2) is 12.8 Å². The molecule has 2 unspecified atom stereocenters. The molecule has 0 aromatic rings. The van der Waals surface area contributed by atoms with E-state index in [9.17, 15) is 12.8 Å². The molecule has 0 spiro atoms. The van der Waals surface area contributed by atoms with Crippen LogP contribution in [-0.2, 0) is 9.84 Å². The molecule has 0 N–H and O–H groups in total. The van der Waals surface area contributed by atoms with Crippen molar-refractivity contribution in [1.82, 2.24) is 0 Å². The van der Waals surface area contributed by atoms with Gasteiger partial charge in [0.25, 0.3) is 0 Å². The van der Waals surface area contributed by atoms with E-state index in [0.717, 1.165) is 12.8 Å². The second-order valence-corrected chi connectivity index (χ2v) is 5.67. The van der Waals surface area contributed by atoms with E-state index in [1.807, 2.05) is 6.92 Å². The third-order valence-electron chi connectivity index (χ3n) is 2.48. The zero-order valence-corrected chi connectivity index (χ0v) is 8.11. The van der Waals surface area contributed by atoms with Crippen LogP contribution in [0.15, 0.2) is 0 Å². The number of sulfone groups is 1. The minimum absolute atomic E-state index is 0.0396. The molecule has 0 saturated carbocycles. The van der Waals surface area contributed by atoms with Gasteiger partial charge in [-0.3, -0.25) is 0 Å². The molecular formula is C8H15FO2S. The summed E-state index contributed by atoms with van der Waals surface area (Å²) in [7, 11) is -3.09. The average Bonchev–Trinajstić information content (AvgIpc) is 2.07. The SMILES string of the molecule is CCC1CCCS(=O)(=O)CC1F. The van der Waals surface area contributed by atoms with Crippen molar-refractivity contribution in [3.05, 3.63) is 0 Å². The molecule has 0 bridgehead atoms. The van der Waals surface area contributed by atoms with Crippen LogP contribution in [0.3, 0.4) is 0 Å². The Bertz CT molecular complexity index is 235. The van der Waals surface area contributed by atoms with Gasteiger partial charge in [-0.2, -0.15) is 0 Å². The third-order valence-corrected chi connectivity index (χ3v) is 4.22. The van der Waals surface area contributed by atoms with E-state index in [0.29, 0.717) is 6.42 Å². The minimum Gasteiger partial charge on any atom is -0.246 e. The highest BCUT2D eigenvalue weighted by Crippen LogP contribution is 2.24. The number of halogens is 1. The van der Waals surface area contributed by atoms with Crippen molar-refractivity contribution in [1.29, 1.82) is 0 Å². The van der Waals surface area contributed by atoms with Crippen LogP contribution in [0.25, 0.3) is 0 Å². The highest BCUT2D eigenvalue weighted by Gasteiger charge is 2.29. The molecule has 1 heterocycles. The molecule has 0 aliphatic carbocycles. The smallest absolute Gasteiger partial charge is 0.153 e. The molecule has 2 nitrogen and oxygen atoms in total. The Morgan fingerprint density at radius 2 is 2.17 bits per heavy atom. The van der Waals surface area contributed by atoms with Crippen LogP contribution < -0.4 is 0 Å². The predicted octanol–water partition coefficient (Wildman–Crippen LogP) is 1.56. The van der Waals surface area contributed by atoms with E-state index in [-0.39, 0.29) is 17.4 Å². The van der Waals surface area contributed by atoms with Gasteiger partial charge in [0.1, 0.15) is 6.17 Å². The molecular weight excluding hydrogens is 179 g/mol. The fourth-order valence-corrected chi connectivity index (χ4v) is 3.20. The summed E-state index contributed by atoms with van der Waals surface area (Å²) >= 11 is 0. The molecule has 0 aromatic heterocycles. The van der Waals surface area contributed by atoms with Crippen LogP contribution in [0, 0.1) is 5.92 Å². The van der Waals surface area contributed by atoms with Crippen molar-refractivity contribution >= 4 is 9.84 Å². The topological polar surface area (TPSA) is 34.1 Å². The van der Waals surface area contributed by atoms with E-state index < -0.39 is 16.0 Å². The fraction of sp³-hybridized carbons (Fsp3) is 1.00. The molecule has 1 saturated heterocycles. The Balaban J connectivity index is 2.69. The van der Waals surface area contributed by atoms with Crippen molar-refractivity contribution < 1.29 is 12.8 Å². The maximum atomic E-state index is 13.2. The monoisotopic (exact) mass is 194 g/mol. The van der Waals surface area contributed by atoms with Gasteiger partial charge >= 0.3 is 0 Å². The van der Waals surface area contributed by atoms with E-state index in [4.69, 9.17) is 0 Å².